The zero-order valence-corrected chi connectivity index (χ0v) is 16.9. The lowest BCUT2D eigenvalue weighted by Crippen LogP contribution is -2.41. The molecule has 6 nitrogen and oxygen atoms in total. The van der Waals surface area contributed by atoms with Gasteiger partial charge in [-0.2, -0.15) is 0 Å². The van der Waals surface area contributed by atoms with E-state index in [4.69, 9.17) is 0 Å². The number of nitrogens with zero attached hydrogens (tertiary/aromatic N) is 4. The maximum absolute atomic E-state index is 13.3. The molecule has 0 atom stereocenters. The van der Waals surface area contributed by atoms with Gasteiger partial charge in [-0.05, 0) is 36.1 Å². The summed E-state index contributed by atoms with van der Waals surface area (Å²) in [5.41, 5.74) is 3.13. The fraction of sp³-hybridized carbons (Fsp3) is 0.261. The van der Waals surface area contributed by atoms with Gasteiger partial charge in [-0.3, -0.25) is 9.36 Å². The third-order valence-corrected chi connectivity index (χ3v) is 5.06. The molecule has 0 aliphatic rings. The smallest absolute Gasteiger partial charge is 0.320 e. The van der Waals surface area contributed by atoms with Gasteiger partial charge in [0.05, 0.1) is 12.0 Å². The van der Waals surface area contributed by atoms with Crippen LogP contribution in [-0.4, -0.2) is 18.7 Å². The zero-order chi connectivity index (χ0) is 20.5. The topological polar surface area (TPSA) is 61.8 Å². The van der Waals surface area contributed by atoms with Crippen molar-refractivity contribution >= 4 is 11.2 Å². The molecule has 6 heteroatoms. The zero-order valence-electron chi connectivity index (χ0n) is 16.9. The normalized spacial score (nSPS) is 11.4. The summed E-state index contributed by atoms with van der Waals surface area (Å²) < 4.78 is 4.71. The maximum Gasteiger partial charge on any atom is 0.337 e. The van der Waals surface area contributed by atoms with E-state index in [0.717, 1.165) is 11.1 Å². The Morgan fingerprint density at radius 1 is 0.966 bits per heavy atom. The number of hydrogen-bond acceptors (Lipinski definition) is 3. The SMILES string of the molecule is Cc1ccccc1Cn1cnc2c1c(=O)n(CC(C)C)c(=O)n2-c1ccccc1. The number of benzene rings is 2. The highest BCUT2D eigenvalue weighted by Crippen LogP contribution is 2.16. The van der Waals surface area contributed by atoms with Crippen LogP contribution in [0.4, 0.5) is 0 Å². The maximum atomic E-state index is 13.3. The first-order valence-electron chi connectivity index (χ1n) is 9.78. The van der Waals surface area contributed by atoms with E-state index in [0.29, 0.717) is 29.9 Å². The van der Waals surface area contributed by atoms with Gasteiger partial charge in [0, 0.05) is 13.1 Å². The largest absolute Gasteiger partial charge is 0.337 e. The van der Waals surface area contributed by atoms with Crippen molar-refractivity contribution in [2.75, 3.05) is 0 Å². The summed E-state index contributed by atoms with van der Waals surface area (Å²) in [7, 11) is 0. The molecule has 0 unspecified atom stereocenters. The van der Waals surface area contributed by atoms with Crippen molar-refractivity contribution in [1.82, 2.24) is 18.7 Å². The summed E-state index contributed by atoms with van der Waals surface area (Å²) in [5.74, 6) is 0.162. The minimum absolute atomic E-state index is 0.162. The first kappa shape index (κ1) is 18.9. The highest BCUT2D eigenvalue weighted by atomic mass is 16.2. The predicted octanol–water partition coefficient (Wildman–Crippen LogP) is 3.36. The Morgan fingerprint density at radius 3 is 2.34 bits per heavy atom. The van der Waals surface area contributed by atoms with Gasteiger partial charge < -0.3 is 4.57 Å². The second kappa shape index (κ2) is 7.54. The number of aromatic nitrogens is 4. The Morgan fingerprint density at radius 2 is 1.66 bits per heavy atom. The quantitative estimate of drug-likeness (QED) is 0.527. The molecule has 0 aliphatic carbocycles. The van der Waals surface area contributed by atoms with Gasteiger partial charge in [0.2, 0.25) is 0 Å². The molecule has 0 radical (unpaired) electrons. The molecule has 0 bridgehead atoms. The number of para-hydroxylation sites is 1. The molecule has 0 saturated heterocycles. The first-order chi connectivity index (χ1) is 14.0. The summed E-state index contributed by atoms with van der Waals surface area (Å²) in [6.07, 6.45) is 1.65. The van der Waals surface area contributed by atoms with Gasteiger partial charge in [0.25, 0.3) is 5.56 Å². The van der Waals surface area contributed by atoms with Crippen molar-refractivity contribution in [2.24, 2.45) is 5.92 Å². The van der Waals surface area contributed by atoms with Crippen LogP contribution < -0.4 is 11.2 Å². The lowest BCUT2D eigenvalue weighted by atomic mass is 10.1. The molecule has 2 aromatic carbocycles. The van der Waals surface area contributed by atoms with E-state index in [2.05, 4.69) is 4.98 Å². The Bertz CT molecular complexity index is 1280. The average molecular weight is 388 g/mol. The molecule has 0 saturated carbocycles. The lowest BCUT2D eigenvalue weighted by molar-refractivity contribution is 0.489. The molecule has 0 amide bonds. The van der Waals surface area contributed by atoms with Crippen molar-refractivity contribution in [1.29, 1.82) is 0 Å². The van der Waals surface area contributed by atoms with E-state index in [1.807, 2.05) is 79.9 Å². The third-order valence-electron chi connectivity index (χ3n) is 5.06. The minimum Gasteiger partial charge on any atom is -0.320 e. The Balaban J connectivity index is 2.01. The molecule has 0 fully saturated rings. The van der Waals surface area contributed by atoms with Crippen LogP contribution >= 0.6 is 0 Å². The van der Waals surface area contributed by atoms with Crippen LogP contribution in [-0.2, 0) is 13.1 Å². The summed E-state index contributed by atoms with van der Waals surface area (Å²) >= 11 is 0. The number of aryl methyl sites for hydroxylation is 1. The fourth-order valence-corrected chi connectivity index (χ4v) is 3.61. The summed E-state index contributed by atoms with van der Waals surface area (Å²) in [6, 6.07) is 17.4. The van der Waals surface area contributed by atoms with Crippen LogP contribution in [0.25, 0.3) is 16.9 Å². The second-order valence-corrected chi connectivity index (χ2v) is 7.73. The number of fused-ring (bicyclic) bond motifs is 1. The first-order valence-corrected chi connectivity index (χ1v) is 9.78. The molecular weight excluding hydrogens is 364 g/mol. The van der Waals surface area contributed by atoms with Crippen LogP contribution in [0.1, 0.15) is 25.0 Å². The minimum atomic E-state index is -0.358. The third kappa shape index (κ3) is 3.42. The van der Waals surface area contributed by atoms with E-state index in [1.165, 1.54) is 9.13 Å². The predicted molar refractivity (Wildman–Crippen MR) is 115 cm³/mol. The van der Waals surface area contributed by atoms with Crippen molar-refractivity contribution in [2.45, 2.75) is 33.9 Å². The highest BCUT2D eigenvalue weighted by Gasteiger charge is 2.20. The molecule has 0 aliphatic heterocycles. The van der Waals surface area contributed by atoms with Crippen molar-refractivity contribution in [3.05, 3.63) is 92.9 Å². The lowest BCUT2D eigenvalue weighted by Gasteiger charge is -2.14. The van der Waals surface area contributed by atoms with Gasteiger partial charge in [0.1, 0.15) is 0 Å². The molecule has 2 aromatic heterocycles. The summed E-state index contributed by atoms with van der Waals surface area (Å²) in [5, 5.41) is 0. The van der Waals surface area contributed by atoms with Gasteiger partial charge in [-0.15, -0.1) is 0 Å². The van der Waals surface area contributed by atoms with Gasteiger partial charge in [-0.25, -0.2) is 14.3 Å². The number of rotatable bonds is 5. The molecule has 0 spiro atoms. The van der Waals surface area contributed by atoms with E-state index in [9.17, 15) is 9.59 Å². The van der Waals surface area contributed by atoms with Crippen LogP contribution in [0.2, 0.25) is 0 Å². The van der Waals surface area contributed by atoms with E-state index in [1.54, 1.807) is 6.33 Å². The van der Waals surface area contributed by atoms with Crippen LogP contribution in [0.15, 0.2) is 70.5 Å². The standard InChI is InChI=1S/C23H24N4O2/c1-16(2)13-26-22(28)20-21(27(23(26)29)19-11-5-4-6-12-19)24-15-25(20)14-18-10-8-7-9-17(18)3/h4-12,15-16H,13-14H2,1-3H3. The molecule has 148 valence electrons. The Labute approximate surface area is 168 Å². The van der Waals surface area contributed by atoms with Crippen LogP contribution in [0.3, 0.4) is 0 Å². The Hall–Kier alpha value is -3.41. The number of imidazole rings is 1. The van der Waals surface area contributed by atoms with Gasteiger partial charge >= 0.3 is 5.69 Å². The van der Waals surface area contributed by atoms with E-state index >= 15 is 0 Å². The van der Waals surface area contributed by atoms with E-state index < -0.39 is 0 Å². The van der Waals surface area contributed by atoms with E-state index in [-0.39, 0.29) is 17.2 Å². The molecular formula is C23H24N4O2. The number of hydrogen-bond donors (Lipinski definition) is 0. The average Bonchev–Trinajstić information content (AvgIpc) is 3.11. The van der Waals surface area contributed by atoms with Crippen molar-refractivity contribution < 1.29 is 0 Å². The summed E-state index contributed by atoms with van der Waals surface area (Å²) in [4.78, 5) is 31.0. The molecule has 4 aromatic rings. The Kier molecular flexibility index (Phi) is 4.92. The molecule has 2 heterocycles. The van der Waals surface area contributed by atoms with Crippen molar-refractivity contribution in [3.8, 4) is 5.69 Å². The monoisotopic (exact) mass is 388 g/mol. The molecule has 29 heavy (non-hydrogen) atoms. The van der Waals surface area contributed by atoms with Gasteiger partial charge in [0.15, 0.2) is 11.2 Å². The highest BCUT2D eigenvalue weighted by molar-refractivity contribution is 5.72. The molecule has 0 N–H and O–H groups in total. The second-order valence-electron chi connectivity index (χ2n) is 7.73. The van der Waals surface area contributed by atoms with Crippen LogP contribution in [0, 0.1) is 12.8 Å². The van der Waals surface area contributed by atoms with Gasteiger partial charge in [-0.1, -0.05) is 56.3 Å². The van der Waals surface area contributed by atoms with Crippen molar-refractivity contribution in [3.63, 3.8) is 0 Å². The molecule has 4 rings (SSSR count). The summed E-state index contributed by atoms with van der Waals surface area (Å²) in [6.45, 7) is 6.91. The van der Waals surface area contributed by atoms with Crippen LogP contribution in [0.5, 0.6) is 0 Å². The fourth-order valence-electron chi connectivity index (χ4n) is 3.61.